The number of nitrogens with one attached hydrogen (secondary N) is 1. The van der Waals surface area contributed by atoms with Gasteiger partial charge < -0.3 is 19.5 Å². The van der Waals surface area contributed by atoms with Gasteiger partial charge in [-0.2, -0.15) is 4.98 Å². The normalized spacial score (nSPS) is 13.5. The van der Waals surface area contributed by atoms with Crippen LogP contribution in [0.15, 0.2) is 47.0 Å². The van der Waals surface area contributed by atoms with Gasteiger partial charge >= 0.3 is 0 Å². The fraction of sp³-hybridized carbons (Fsp3) is 0.333. The molecule has 0 unspecified atom stereocenters. The maximum atomic E-state index is 12.3. The molecule has 1 aliphatic heterocycles. The van der Waals surface area contributed by atoms with Crippen LogP contribution in [-0.2, 0) is 0 Å². The van der Waals surface area contributed by atoms with E-state index < -0.39 is 0 Å². The Morgan fingerprint density at radius 3 is 2.76 bits per heavy atom. The monoisotopic (exact) mass is 393 g/mol. The summed E-state index contributed by atoms with van der Waals surface area (Å²) in [6.07, 6.45) is 2.36. The van der Waals surface area contributed by atoms with Gasteiger partial charge in [0.15, 0.2) is 11.5 Å². The lowest BCUT2D eigenvalue weighted by atomic mass is 10.1. The molecule has 0 saturated carbocycles. The molecule has 2 aromatic heterocycles. The average Bonchev–Trinajstić information content (AvgIpc) is 3.44. The van der Waals surface area contributed by atoms with E-state index in [1.165, 1.54) is 12.8 Å². The van der Waals surface area contributed by atoms with E-state index in [0.717, 1.165) is 24.5 Å². The number of nitrogens with zero attached hydrogens (tertiary/aromatic N) is 4. The topological polar surface area (TPSA) is 93.4 Å². The van der Waals surface area contributed by atoms with Crippen LogP contribution >= 0.6 is 0 Å². The molecular formula is C21H23N5O3. The van der Waals surface area contributed by atoms with Gasteiger partial charge in [0, 0.05) is 30.8 Å². The lowest BCUT2D eigenvalue weighted by molar-refractivity contribution is 0.0937. The van der Waals surface area contributed by atoms with Gasteiger partial charge in [-0.05, 0) is 19.8 Å². The number of benzene rings is 1. The molecule has 0 aliphatic carbocycles. The third-order valence-corrected chi connectivity index (χ3v) is 4.67. The number of aromatic nitrogens is 3. The minimum Gasteiger partial charge on any atom is -0.476 e. The molecule has 8 heteroatoms. The van der Waals surface area contributed by atoms with Crippen LogP contribution < -0.4 is 15.0 Å². The van der Waals surface area contributed by atoms with E-state index in [4.69, 9.17) is 9.26 Å². The number of carbonyl (C=O) groups is 1. The molecule has 8 nitrogen and oxygen atoms in total. The number of carbonyl (C=O) groups excluding carboxylic acids is 1. The zero-order valence-electron chi connectivity index (χ0n) is 16.3. The number of hydrogen-bond acceptors (Lipinski definition) is 7. The Kier molecular flexibility index (Phi) is 5.69. The Balaban J connectivity index is 1.28. The van der Waals surface area contributed by atoms with Crippen molar-refractivity contribution in [3.63, 3.8) is 0 Å². The third kappa shape index (κ3) is 4.71. The first-order valence-electron chi connectivity index (χ1n) is 9.73. The second-order valence-corrected chi connectivity index (χ2v) is 6.85. The summed E-state index contributed by atoms with van der Waals surface area (Å²) in [5.74, 6) is 2.32. The van der Waals surface area contributed by atoms with Crippen molar-refractivity contribution in [1.82, 2.24) is 20.4 Å². The van der Waals surface area contributed by atoms with Gasteiger partial charge in [-0.25, -0.2) is 4.98 Å². The van der Waals surface area contributed by atoms with E-state index in [9.17, 15) is 4.79 Å². The molecule has 1 aromatic carbocycles. The summed E-state index contributed by atoms with van der Waals surface area (Å²) in [4.78, 5) is 23.3. The fourth-order valence-electron chi connectivity index (χ4n) is 3.24. The van der Waals surface area contributed by atoms with Crippen molar-refractivity contribution in [1.29, 1.82) is 0 Å². The van der Waals surface area contributed by atoms with E-state index >= 15 is 0 Å². The molecule has 29 heavy (non-hydrogen) atoms. The second kappa shape index (κ2) is 8.72. The first-order chi connectivity index (χ1) is 14.2. The summed E-state index contributed by atoms with van der Waals surface area (Å²) in [5.41, 5.74) is 1.10. The first kappa shape index (κ1) is 18.9. The molecule has 1 saturated heterocycles. The fourth-order valence-corrected chi connectivity index (χ4v) is 3.24. The molecule has 3 heterocycles. The number of rotatable bonds is 7. The van der Waals surface area contributed by atoms with Gasteiger partial charge in [0.2, 0.25) is 5.88 Å². The number of ether oxygens (including phenoxy) is 1. The smallest absolute Gasteiger partial charge is 0.273 e. The Labute approximate surface area is 168 Å². The molecule has 1 fully saturated rings. The summed E-state index contributed by atoms with van der Waals surface area (Å²) < 4.78 is 11.0. The molecule has 1 amide bonds. The standard InChI is InChI=1S/C21H23N5O3/c1-15-23-19(26-10-5-6-11-26)14-20(24-15)28-12-9-22-21(27)17-13-18(29-25-17)16-7-3-2-4-8-16/h2-4,7-8,13-14H,5-6,9-12H2,1H3,(H,22,27). The molecule has 0 bridgehead atoms. The minimum atomic E-state index is -0.309. The predicted molar refractivity (Wildman–Crippen MR) is 108 cm³/mol. The second-order valence-electron chi connectivity index (χ2n) is 6.85. The predicted octanol–water partition coefficient (Wildman–Crippen LogP) is 2.85. The maximum absolute atomic E-state index is 12.3. The van der Waals surface area contributed by atoms with Gasteiger partial charge in [-0.15, -0.1) is 0 Å². The first-order valence-corrected chi connectivity index (χ1v) is 9.73. The van der Waals surface area contributed by atoms with Crippen LogP contribution in [0.5, 0.6) is 5.88 Å². The molecule has 150 valence electrons. The molecule has 0 atom stereocenters. The average molecular weight is 393 g/mol. The van der Waals surface area contributed by atoms with E-state index in [1.807, 2.05) is 43.3 Å². The molecule has 1 aliphatic rings. The van der Waals surface area contributed by atoms with Crippen molar-refractivity contribution in [3.8, 4) is 17.2 Å². The molecular weight excluding hydrogens is 370 g/mol. The van der Waals surface area contributed by atoms with Crippen LogP contribution in [0.1, 0.15) is 29.2 Å². The molecule has 0 radical (unpaired) electrons. The van der Waals surface area contributed by atoms with Gasteiger partial charge in [0.1, 0.15) is 18.2 Å². The summed E-state index contributed by atoms with van der Waals surface area (Å²) in [5, 5.41) is 6.62. The Morgan fingerprint density at radius 1 is 1.17 bits per heavy atom. The van der Waals surface area contributed by atoms with E-state index in [-0.39, 0.29) is 11.6 Å². The van der Waals surface area contributed by atoms with E-state index in [0.29, 0.717) is 30.6 Å². The lowest BCUT2D eigenvalue weighted by Crippen LogP contribution is -2.28. The molecule has 1 N–H and O–H groups in total. The largest absolute Gasteiger partial charge is 0.476 e. The summed E-state index contributed by atoms with van der Waals surface area (Å²) in [6, 6.07) is 13.0. The Bertz CT molecular complexity index is 967. The number of anilines is 1. The van der Waals surface area contributed by atoms with Crippen LogP contribution in [0.25, 0.3) is 11.3 Å². The van der Waals surface area contributed by atoms with Crippen LogP contribution in [0, 0.1) is 6.92 Å². The van der Waals surface area contributed by atoms with Crippen molar-refractivity contribution in [2.45, 2.75) is 19.8 Å². The van der Waals surface area contributed by atoms with Crippen molar-refractivity contribution in [3.05, 3.63) is 54.0 Å². The van der Waals surface area contributed by atoms with Gasteiger partial charge in [0.05, 0.1) is 6.54 Å². The Hall–Kier alpha value is -3.42. The molecule has 0 spiro atoms. The maximum Gasteiger partial charge on any atom is 0.273 e. The highest BCUT2D eigenvalue weighted by Gasteiger charge is 2.16. The van der Waals surface area contributed by atoms with Gasteiger partial charge in [0.25, 0.3) is 5.91 Å². The quantitative estimate of drug-likeness (QED) is 0.617. The van der Waals surface area contributed by atoms with E-state index in [1.54, 1.807) is 6.07 Å². The van der Waals surface area contributed by atoms with Crippen molar-refractivity contribution >= 4 is 11.7 Å². The van der Waals surface area contributed by atoms with Crippen LogP contribution in [0.2, 0.25) is 0 Å². The zero-order valence-corrected chi connectivity index (χ0v) is 16.3. The van der Waals surface area contributed by atoms with Gasteiger partial charge in [-0.1, -0.05) is 35.5 Å². The number of aryl methyl sites for hydroxylation is 1. The molecule has 3 aromatic rings. The van der Waals surface area contributed by atoms with Crippen molar-refractivity contribution in [2.75, 3.05) is 31.1 Å². The number of hydrogen-bond donors (Lipinski definition) is 1. The van der Waals surface area contributed by atoms with Crippen LogP contribution in [0.3, 0.4) is 0 Å². The van der Waals surface area contributed by atoms with E-state index in [2.05, 4.69) is 25.3 Å². The highest BCUT2D eigenvalue weighted by atomic mass is 16.5. The third-order valence-electron chi connectivity index (χ3n) is 4.67. The van der Waals surface area contributed by atoms with Crippen LogP contribution in [-0.4, -0.2) is 47.3 Å². The van der Waals surface area contributed by atoms with Crippen molar-refractivity contribution < 1.29 is 14.1 Å². The Morgan fingerprint density at radius 2 is 1.97 bits per heavy atom. The van der Waals surface area contributed by atoms with Gasteiger partial charge in [-0.3, -0.25) is 4.79 Å². The lowest BCUT2D eigenvalue weighted by Gasteiger charge is -2.17. The zero-order chi connectivity index (χ0) is 20.1. The van der Waals surface area contributed by atoms with Crippen LogP contribution in [0.4, 0.5) is 5.82 Å². The minimum absolute atomic E-state index is 0.234. The summed E-state index contributed by atoms with van der Waals surface area (Å²) in [6.45, 7) is 4.49. The number of amides is 1. The highest BCUT2D eigenvalue weighted by Crippen LogP contribution is 2.22. The summed E-state index contributed by atoms with van der Waals surface area (Å²) >= 11 is 0. The summed E-state index contributed by atoms with van der Waals surface area (Å²) in [7, 11) is 0. The van der Waals surface area contributed by atoms with Crippen molar-refractivity contribution in [2.24, 2.45) is 0 Å². The highest BCUT2D eigenvalue weighted by molar-refractivity contribution is 5.93. The SMILES string of the molecule is Cc1nc(OCCNC(=O)c2cc(-c3ccccc3)on2)cc(N2CCCC2)n1. The molecule has 4 rings (SSSR count).